The minimum atomic E-state index is -0.629. The summed E-state index contributed by atoms with van der Waals surface area (Å²) < 4.78 is 20.3. The van der Waals surface area contributed by atoms with Crippen LogP contribution in [0.15, 0.2) is 17.2 Å². The molecule has 110 valence electrons. The van der Waals surface area contributed by atoms with Crippen molar-refractivity contribution in [2.75, 3.05) is 27.9 Å². The number of amides is 1. The molecule has 0 saturated heterocycles. The molecule has 7 nitrogen and oxygen atoms in total. The number of nitrogens with one attached hydrogen (secondary N) is 1. The highest BCUT2D eigenvalue weighted by Crippen LogP contribution is 2.32. The van der Waals surface area contributed by atoms with Gasteiger partial charge in [-0.25, -0.2) is 10.2 Å². The van der Waals surface area contributed by atoms with Crippen molar-refractivity contribution in [2.24, 2.45) is 5.10 Å². The van der Waals surface area contributed by atoms with Gasteiger partial charge < -0.3 is 18.9 Å². The van der Waals surface area contributed by atoms with E-state index in [9.17, 15) is 4.79 Å². The van der Waals surface area contributed by atoms with Crippen LogP contribution in [0.2, 0.25) is 0 Å². The Bertz CT molecular complexity index is 463. The fourth-order valence-electron chi connectivity index (χ4n) is 1.47. The number of ether oxygens (including phenoxy) is 4. The summed E-state index contributed by atoms with van der Waals surface area (Å²) in [6.07, 6.45) is 0.781. The molecule has 1 amide bonds. The molecule has 7 heteroatoms. The van der Waals surface area contributed by atoms with E-state index >= 15 is 0 Å². The molecule has 0 aromatic heterocycles. The lowest BCUT2D eigenvalue weighted by molar-refractivity contribution is 0.152. The second-order valence-electron chi connectivity index (χ2n) is 3.54. The number of benzene rings is 1. The Labute approximate surface area is 117 Å². The van der Waals surface area contributed by atoms with Crippen molar-refractivity contribution in [3.8, 4) is 17.2 Å². The molecule has 0 saturated carbocycles. The molecule has 0 aliphatic carbocycles. The maximum absolute atomic E-state index is 11.1. The van der Waals surface area contributed by atoms with Gasteiger partial charge in [0.05, 0.1) is 39.7 Å². The van der Waals surface area contributed by atoms with Gasteiger partial charge in [0.1, 0.15) is 17.2 Å². The summed E-state index contributed by atoms with van der Waals surface area (Å²) in [5.74, 6) is 1.61. The molecular weight excluding hydrogens is 264 g/mol. The lowest BCUT2D eigenvalue weighted by Crippen LogP contribution is -2.18. The van der Waals surface area contributed by atoms with Crippen molar-refractivity contribution in [1.82, 2.24) is 5.43 Å². The third-order valence-corrected chi connectivity index (χ3v) is 2.38. The van der Waals surface area contributed by atoms with Crippen molar-refractivity contribution in [1.29, 1.82) is 0 Å². The lowest BCUT2D eigenvalue weighted by Gasteiger charge is -2.12. The Kier molecular flexibility index (Phi) is 6.15. The zero-order valence-electron chi connectivity index (χ0n) is 11.9. The maximum atomic E-state index is 11.1. The van der Waals surface area contributed by atoms with E-state index in [1.54, 1.807) is 26.2 Å². The molecule has 0 radical (unpaired) electrons. The number of hydrogen-bond donors (Lipinski definition) is 1. The largest absolute Gasteiger partial charge is 0.496 e. The van der Waals surface area contributed by atoms with E-state index in [4.69, 9.17) is 14.2 Å². The number of hydrogen-bond acceptors (Lipinski definition) is 6. The molecule has 0 unspecified atom stereocenters. The number of hydrazone groups is 1. The van der Waals surface area contributed by atoms with Gasteiger partial charge in [-0.2, -0.15) is 5.10 Å². The summed E-state index contributed by atoms with van der Waals surface area (Å²) >= 11 is 0. The Morgan fingerprint density at radius 1 is 1.20 bits per heavy atom. The van der Waals surface area contributed by atoms with Crippen LogP contribution in [0.25, 0.3) is 0 Å². The van der Waals surface area contributed by atoms with Crippen molar-refractivity contribution in [2.45, 2.75) is 6.92 Å². The molecule has 0 bridgehead atoms. The van der Waals surface area contributed by atoms with E-state index in [1.165, 1.54) is 20.4 Å². The maximum Gasteiger partial charge on any atom is 0.427 e. The fraction of sp³-hybridized carbons (Fsp3) is 0.385. The molecule has 1 N–H and O–H groups in total. The fourth-order valence-corrected chi connectivity index (χ4v) is 1.47. The molecule has 1 aromatic rings. The molecule has 0 spiro atoms. The van der Waals surface area contributed by atoms with Crippen molar-refractivity contribution >= 4 is 12.3 Å². The number of carbonyl (C=O) groups is 1. The standard InChI is InChI=1S/C13H18N2O5/c1-5-20-13(16)15-14-8-10-11(18-3)6-9(17-2)7-12(10)19-4/h6-8H,5H2,1-4H3,(H,15,16)/b14-8+. The second kappa shape index (κ2) is 7.88. The molecular formula is C13H18N2O5. The second-order valence-corrected chi connectivity index (χ2v) is 3.54. The summed E-state index contributed by atoms with van der Waals surface area (Å²) in [4.78, 5) is 11.1. The first-order valence-electron chi connectivity index (χ1n) is 5.92. The van der Waals surface area contributed by atoms with Crippen molar-refractivity contribution in [3.05, 3.63) is 17.7 Å². The highest BCUT2D eigenvalue weighted by molar-refractivity contribution is 5.88. The molecule has 20 heavy (non-hydrogen) atoms. The van der Waals surface area contributed by atoms with Gasteiger partial charge in [0.15, 0.2) is 0 Å². The van der Waals surface area contributed by atoms with Gasteiger partial charge in [-0.05, 0) is 6.92 Å². The zero-order chi connectivity index (χ0) is 15.0. The van der Waals surface area contributed by atoms with Crippen LogP contribution in [0.4, 0.5) is 4.79 Å². The van der Waals surface area contributed by atoms with E-state index in [-0.39, 0.29) is 6.61 Å². The van der Waals surface area contributed by atoms with Gasteiger partial charge in [0.25, 0.3) is 0 Å². The molecule has 0 aliphatic heterocycles. The average molecular weight is 282 g/mol. The Balaban J connectivity index is 2.97. The van der Waals surface area contributed by atoms with Crippen LogP contribution >= 0.6 is 0 Å². The summed E-state index contributed by atoms with van der Waals surface area (Å²) in [5, 5.41) is 3.78. The predicted octanol–water partition coefficient (Wildman–Crippen LogP) is 1.79. The van der Waals surface area contributed by atoms with Crippen LogP contribution in [0.3, 0.4) is 0 Å². The normalized spacial score (nSPS) is 10.2. The highest BCUT2D eigenvalue weighted by Gasteiger charge is 2.11. The van der Waals surface area contributed by atoms with Crippen molar-refractivity contribution < 1.29 is 23.7 Å². The number of methoxy groups -OCH3 is 3. The van der Waals surface area contributed by atoms with Crippen molar-refractivity contribution in [3.63, 3.8) is 0 Å². The molecule has 1 rings (SSSR count). The van der Waals surface area contributed by atoms with Crippen LogP contribution in [-0.4, -0.2) is 40.2 Å². The summed E-state index contributed by atoms with van der Waals surface area (Å²) in [6, 6.07) is 3.38. The SMILES string of the molecule is CCOC(=O)N/N=C/c1c(OC)cc(OC)cc1OC. The van der Waals surface area contributed by atoms with Crippen LogP contribution in [-0.2, 0) is 4.74 Å². The Morgan fingerprint density at radius 3 is 2.25 bits per heavy atom. The molecule has 0 fully saturated rings. The minimum absolute atomic E-state index is 0.274. The first-order valence-corrected chi connectivity index (χ1v) is 5.92. The van der Waals surface area contributed by atoms with Gasteiger partial charge in [0, 0.05) is 12.1 Å². The predicted molar refractivity (Wildman–Crippen MR) is 73.8 cm³/mol. The van der Waals surface area contributed by atoms with Gasteiger partial charge in [-0.3, -0.25) is 0 Å². The summed E-state index contributed by atoms with van der Waals surface area (Å²) in [7, 11) is 4.58. The van der Waals surface area contributed by atoms with Gasteiger partial charge in [-0.1, -0.05) is 0 Å². The van der Waals surface area contributed by atoms with E-state index in [0.717, 1.165) is 0 Å². The van der Waals surface area contributed by atoms with E-state index < -0.39 is 6.09 Å². The number of rotatable bonds is 6. The highest BCUT2D eigenvalue weighted by atomic mass is 16.5. The minimum Gasteiger partial charge on any atom is -0.496 e. The van der Waals surface area contributed by atoms with Crippen LogP contribution in [0, 0.1) is 0 Å². The topological polar surface area (TPSA) is 78.4 Å². The van der Waals surface area contributed by atoms with Gasteiger partial charge in [-0.15, -0.1) is 0 Å². The van der Waals surface area contributed by atoms with E-state index in [0.29, 0.717) is 22.8 Å². The zero-order valence-corrected chi connectivity index (χ0v) is 11.9. The summed E-state index contributed by atoms with van der Waals surface area (Å²) in [6.45, 7) is 1.98. The molecule has 0 atom stereocenters. The summed E-state index contributed by atoms with van der Waals surface area (Å²) in [5.41, 5.74) is 2.81. The monoisotopic (exact) mass is 282 g/mol. The van der Waals surface area contributed by atoms with Crippen LogP contribution in [0.5, 0.6) is 17.2 Å². The van der Waals surface area contributed by atoms with Crippen LogP contribution < -0.4 is 19.6 Å². The third-order valence-electron chi connectivity index (χ3n) is 2.38. The van der Waals surface area contributed by atoms with Gasteiger partial charge in [0.2, 0.25) is 0 Å². The molecule has 0 aliphatic rings. The first kappa shape index (κ1) is 15.6. The number of carbonyl (C=O) groups excluding carboxylic acids is 1. The van der Waals surface area contributed by atoms with Gasteiger partial charge >= 0.3 is 6.09 Å². The van der Waals surface area contributed by atoms with E-state index in [2.05, 4.69) is 15.3 Å². The molecule has 0 heterocycles. The molecule has 1 aromatic carbocycles. The van der Waals surface area contributed by atoms with Crippen LogP contribution in [0.1, 0.15) is 12.5 Å². The Hall–Kier alpha value is -2.44. The third kappa shape index (κ3) is 4.04. The average Bonchev–Trinajstić information content (AvgIpc) is 2.47. The number of nitrogens with zero attached hydrogens (tertiary/aromatic N) is 1. The first-order chi connectivity index (χ1) is 9.65. The van der Waals surface area contributed by atoms with E-state index in [1.807, 2.05) is 0 Å². The lowest BCUT2D eigenvalue weighted by atomic mass is 10.2. The smallest absolute Gasteiger partial charge is 0.427 e. The quantitative estimate of drug-likeness (QED) is 0.635. The Morgan fingerprint density at radius 2 is 1.80 bits per heavy atom.